The third-order valence-electron chi connectivity index (χ3n) is 6.40. The van der Waals surface area contributed by atoms with Crippen LogP contribution in [-0.4, -0.2) is 113 Å². The first-order valence-electron chi connectivity index (χ1n) is 13.8. The molecule has 14 N–H and O–H groups in total. The van der Waals surface area contributed by atoms with Gasteiger partial charge in [-0.3, -0.25) is 29.0 Å². The summed E-state index contributed by atoms with van der Waals surface area (Å²) in [5.74, 6) is -6.28. The summed E-state index contributed by atoms with van der Waals surface area (Å²) < 4.78 is 0. The Labute approximate surface area is 250 Å². The van der Waals surface area contributed by atoms with Crippen molar-refractivity contribution in [2.24, 2.45) is 34.0 Å². The minimum atomic E-state index is -1.65. The maximum Gasteiger partial charge on any atom is 0.328 e. The molecular formula is C25H47N9O9. The molecule has 0 aliphatic rings. The molecular weight excluding hydrogens is 570 g/mol. The van der Waals surface area contributed by atoms with Gasteiger partial charge in [0.15, 0.2) is 5.96 Å². The SMILES string of the molecule is CCC(C)[C@H](NC(=O)C(N)CCCN=C(N)N)C(=O)N[C@H](C(=O)NCC(=O)N[C@@H](CO)C(=O)N[C@@H](CO)C(=O)O)C(C)C. The maximum absolute atomic E-state index is 13.2. The van der Waals surface area contributed by atoms with Gasteiger partial charge in [0.2, 0.25) is 29.5 Å². The van der Waals surface area contributed by atoms with Gasteiger partial charge >= 0.3 is 5.97 Å². The fourth-order valence-electron chi connectivity index (χ4n) is 3.57. The van der Waals surface area contributed by atoms with E-state index in [9.17, 15) is 33.9 Å². The van der Waals surface area contributed by atoms with Crippen molar-refractivity contribution < 1.29 is 44.1 Å². The van der Waals surface area contributed by atoms with Gasteiger partial charge in [-0.05, 0) is 24.7 Å². The van der Waals surface area contributed by atoms with E-state index in [1.165, 1.54) is 0 Å². The number of amides is 5. The number of nitrogens with zero attached hydrogens (tertiary/aromatic N) is 1. The van der Waals surface area contributed by atoms with Gasteiger partial charge < -0.3 is 59.1 Å². The van der Waals surface area contributed by atoms with Crippen LogP contribution >= 0.6 is 0 Å². The smallest absolute Gasteiger partial charge is 0.328 e. The molecule has 0 rings (SSSR count). The Bertz CT molecular complexity index is 989. The molecule has 5 amide bonds. The molecule has 0 saturated heterocycles. The van der Waals surface area contributed by atoms with E-state index in [-0.39, 0.29) is 24.8 Å². The van der Waals surface area contributed by atoms with Crippen LogP contribution < -0.4 is 43.8 Å². The van der Waals surface area contributed by atoms with E-state index in [0.717, 1.165) is 0 Å². The van der Waals surface area contributed by atoms with Crippen molar-refractivity contribution in [1.29, 1.82) is 0 Å². The van der Waals surface area contributed by atoms with Gasteiger partial charge in [-0.1, -0.05) is 34.1 Å². The number of nitrogens with one attached hydrogen (secondary N) is 5. The molecule has 0 saturated carbocycles. The monoisotopic (exact) mass is 617 g/mol. The van der Waals surface area contributed by atoms with Crippen LogP contribution in [0.1, 0.15) is 47.0 Å². The number of aliphatic imine (C=N–C) groups is 1. The van der Waals surface area contributed by atoms with Crippen molar-refractivity contribution in [2.75, 3.05) is 26.3 Å². The molecule has 2 unspecified atom stereocenters. The molecule has 0 radical (unpaired) electrons. The fraction of sp³-hybridized carbons (Fsp3) is 0.720. The highest BCUT2D eigenvalue weighted by Crippen LogP contribution is 2.11. The molecule has 43 heavy (non-hydrogen) atoms. The number of aliphatic hydroxyl groups excluding tert-OH is 2. The zero-order valence-corrected chi connectivity index (χ0v) is 25.0. The Kier molecular flexibility index (Phi) is 18.1. The van der Waals surface area contributed by atoms with Crippen molar-refractivity contribution in [3.8, 4) is 0 Å². The van der Waals surface area contributed by atoms with Crippen LogP contribution in [0.5, 0.6) is 0 Å². The highest BCUT2D eigenvalue weighted by atomic mass is 16.4. The molecule has 0 aromatic heterocycles. The molecule has 246 valence electrons. The Hall–Kier alpha value is -4.03. The molecule has 0 aromatic carbocycles. The van der Waals surface area contributed by atoms with Crippen LogP contribution in [0.25, 0.3) is 0 Å². The van der Waals surface area contributed by atoms with Gasteiger partial charge in [0.1, 0.15) is 24.2 Å². The number of nitrogens with two attached hydrogens (primary N) is 3. The number of aliphatic carboxylic acids is 1. The molecule has 0 fully saturated rings. The Balaban J connectivity index is 5.27. The van der Waals surface area contributed by atoms with E-state index < -0.39 is 91.4 Å². The number of aliphatic hydroxyl groups is 2. The van der Waals surface area contributed by atoms with Crippen molar-refractivity contribution in [2.45, 2.75) is 77.2 Å². The maximum atomic E-state index is 13.2. The Morgan fingerprint density at radius 3 is 1.86 bits per heavy atom. The second-order valence-electron chi connectivity index (χ2n) is 10.3. The quantitative estimate of drug-likeness (QED) is 0.0348. The lowest BCUT2D eigenvalue weighted by Crippen LogP contribution is -2.59. The molecule has 0 heterocycles. The van der Waals surface area contributed by atoms with E-state index in [1.54, 1.807) is 20.8 Å². The zero-order chi connectivity index (χ0) is 33.3. The highest BCUT2D eigenvalue weighted by Gasteiger charge is 2.32. The molecule has 0 aliphatic heterocycles. The van der Waals surface area contributed by atoms with Gasteiger partial charge in [0.25, 0.3) is 0 Å². The number of guanidine groups is 1. The molecule has 0 spiro atoms. The summed E-state index contributed by atoms with van der Waals surface area (Å²) in [6.07, 6.45) is 1.21. The first-order chi connectivity index (χ1) is 20.1. The number of hydrogen-bond donors (Lipinski definition) is 11. The second-order valence-corrected chi connectivity index (χ2v) is 10.3. The molecule has 6 atom stereocenters. The Morgan fingerprint density at radius 1 is 0.791 bits per heavy atom. The summed E-state index contributed by atoms with van der Waals surface area (Å²) in [7, 11) is 0. The third-order valence-corrected chi connectivity index (χ3v) is 6.40. The lowest BCUT2D eigenvalue weighted by molar-refractivity contribution is -0.143. The largest absolute Gasteiger partial charge is 0.480 e. The second kappa shape index (κ2) is 20.0. The van der Waals surface area contributed by atoms with Crippen molar-refractivity contribution in [1.82, 2.24) is 26.6 Å². The summed E-state index contributed by atoms with van der Waals surface area (Å²) in [6, 6.07) is -6.27. The minimum absolute atomic E-state index is 0.0810. The average Bonchev–Trinajstić information content (AvgIpc) is 2.95. The van der Waals surface area contributed by atoms with E-state index in [0.29, 0.717) is 12.8 Å². The van der Waals surface area contributed by atoms with Crippen molar-refractivity contribution >= 4 is 41.5 Å². The number of hydrogen-bond acceptors (Lipinski definition) is 10. The lowest BCUT2D eigenvalue weighted by Gasteiger charge is -2.28. The molecule has 0 bridgehead atoms. The van der Waals surface area contributed by atoms with Gasteiger partial charge in [-0.15, -0.1) is 0 Å². The topological polar surface area (TPSA) is 314 Å². The van der Waals surface area contributed by atoms with Gasteiger partial charge in [-0.2, -0.15) is 0 Å². The van der Waals surface area contributed by atoms with Crippen molar-refractivity contribution in [3.05, 3.63) is 0 Å². The third kappa shape index (κ3) is 14.6. The Morgan fingerprint density at radius 2 is 1.37 bits per heavy atom. The number of rotatable bonds is 20. The first-order valence-corrected chi connectivity index (χ1v) is 13.8. The fourth-order valence-corrected chi connectivity index (χ4v) is 3.57. The van der Waals surface area contributed by atoms with E-state index in [4.69, 9.17) is 27.4 Å². The molecule has 18 heteroatoms. The number of carbonyl (C=O) groups excluding carboxylic acids is 5. The van der Waals surface area contributed by atoms with E-state index in [1.807, 2.05) is 12.2 Å². The molecule has 18 nitrogen and oxygen atoms in total. The predicted molar refractivity (Wildman–Crippen MR) is 155 cm³/mol. The molecule has 0 aliphatic carbocycles. The summed E-state index contributed by atoms with van der Waals surface area (Å²) in [6.45, 7) is 4.70. The van der Waals surface area contributed by atoms with E-state index >= 15 is 0 Å². The number of carboxylic acid groups (broad SMARTS) is 1. The lowest BCUT2D eigenvalue weighted by atomic mass is 9.96. The summed E-state index contributed by atoms with van der Waals surface area (Å²) in [5.41, 5.74) is 16.5. The summed E-state index contributed by atoms with van der Waals surface area (Å²) in [4.78, 5) is 78.1. The number of carboxylic acids is 1. The van der Waals surface area contributed by atoms with Crippen LogP contribution in [-0.2, 0) is 28.8 Å². The van der Waals surface area contributed by atoms with Crippen LogP contribution in [0.15, 0.2) is 4.99 Å². The highest BCUT2D eigenvalue weighted by molar-refractivity contribution is 5.95. The number of carbonyl (C=O) groups is 6. The van der Waals surface area contributed by atoms with Crippen LogP contribution in [0, 0.1) is 11.8 Å². The van der Waals surface area contributed by atoms with Crippen LogP contribution in [0.4, 0.5) is 0 Å². The zero-order valence-electron chi connectivity index (χ0n) is 25.0. The van der Waals surface area contributed by atoms with Gasteiger partial charge in [0, 0.05) is 6.54 Å². The first kappa shape index (κ1) is 39.0. The minimum Gasteiger partial charge on any atom is -0.480 e. The van der Waals surface area contributed by atoms with Crippen LogP contribution in [0.2, 0.25) is 0 Å². The standard InChI is InChI=1S/C25H47N9O9/c1-5-13(4)19(34-20(38)14(26)7-6-8-29-25(27)28)23(41)33-18(12(2)3)22(40)30-9-17(37)31-15(10-35)21(39)32-16(11-36)24(42)43/h12-16,18-19,35-36H,5-11,26H2,1-4H3,(H,30,40)(H,31,37)(H,32,39)(H,33,41)(H,34,38)(H,42,43)(H4,27,28,29)/t13?,14?,15-,16-,18-,19-/m0/s1. The molecule has 0 aromatic rings. The van der Waals surface area contributed by atoms with Gasteiger partial charge in [-0.25, -0.2) is 4.79 Å². The summed E-state index contributed by atoms with van der Waals surface area (Å²) in [5, 5.41) is 39.1. The predicted octanol–water partition coefficient (Wildman–Crippen LogP) is -4.81. The normalized spacial score (nSPS) is 15.1. The van der Waals surface area contributed by atoms with Crippen molar-refractivity contribution in [3.63, 3.8) is 0 Å². The van der Waals surface area contributed by atoms with E-state index in [2.05, 4.69) is 26.3 Å². The van der Waals surface area contributed by atoms with Gasteiger partial charge in [0.05, 0.1) is 25.8 Å². The average molecular weight is 618 g/mol. The summed E-state index contributed by atoms with van der Waals surface area (Å²) >= 11 is 0. The van der Waals surface area contributed by atoms with Crippen LogP contribution in [0.3, 0.4) is 0 Å².